The van der Waals surface area contributed by atoms with Crippen LogP contribution in [0.3, 0.4) is 0 Å². The Morgan fingerprint density at radius 2 is 1.09 bits per heavy atom. The van der Waals surface area contributed by atoms with Gasteiger partial charge in [-0.25, -0.2) is 4.98 Å². The van der Waals surface area contributed by atoms with Gasteiger partial charge in [-0.1, -0.05) is 0 Å². The number of aromatic nitrogens is 2. The third-order valence-corrected chi connectivity index (χ3v) is 2.99. The van der Waals surface area contributed by atoms with E-state index in [0.29, 0.717) is 9.72 Å². The van der Waals surface area contributed by atoms with Crippen LogP contribution < -0.4 is 0 Å². The van der Waals surface area contributed by atoms with Gasteiger partial charge in [-0.2, -0.15) is 0 Å². The van der Waals surface area contributed by atoms with Crippen LogP contribution in [0.4, 0.5) is 11.6 Å². The summed E-state index contributed by atoms with van der Waals surface area (Å²) in [5, 5.41) is 32.1. The maximum atomic E-state index is 12.1. The van der Waals surface area contributed by atoms with E-state index in [1.165, 1.54) is 0 Å². The molecule has 10 heteroatoms. The fraction of sp³-hybridized carbons (Fsp3) is 0.667. The number of halogens is 2. The molecule has 0 radical (unpaired) electrons. The van der Waals surface area contributed by atoms with E-state index in [4.69, 9.17) is 0 Å². The van der Waals surface area contributed by atoms with Crippen LogP contribution >= 0.6 is 31.9 Å². The summed E-state index contributed by atoms with van der Waals surface area (Å²) in [5.74, 6) is -0.226. The first-order valence-corrected chi connectivity index (χ1v) is 8.02. The molecule has 22 heavy (non-hydrogen) atoms. The van der Waals surface area contributed by atoms with Crippen LogP contribution in [-0.4, -0.2) is 30.8 Å². The Morgan fingerprint density at radius 1 is 0.773 bits per heavy atom. The zero-order valence-corrected chi connectivity index (χ0v) is 16.4. The number of hydrogen-bond donors (Lipinski definition) is 0. The lowest BCUT2D eigenvalue weighted by molar-refractivity contribution is -0.467. The smallest absolute Gasteiger partial charge is 0.384 e. The summed E-state index contributed by atoms with van der Waals surface area (Å²) in [5.41, 5.74) is -1.19. The summed E-state index contributed by atoms with van der Waals surface area (Å²) in [4.78, 5) is 8.76. The molecule has 0 aromatic carbocycles. The SMILES string of the molecule is CC(C)(C)/N=[N+](/[O-])c1nc(/[N+]([O-])=N\C(C)(C)C)c(Br)nc1Br. The van der Waals surface area contributed by atoms with Crippen LogP contribution in [0, 0.1) is 10.4 Å². The van der Waals surface area contributed by atoms with Crippen molar-refractivity contribution in [2.24, 2.45) is 10.2 Å². The highest BCUT2D eigenvalue weighted by Gasteiger charge is 2.26. The van der Waals surface area contributed by atoms with Crippen LogP contribution in [0.25, 0.3) is 0 Å². The van der Waals surface area contributed by atoms with Crippen molar-refractivity contribution in [3.05, 3.63) is 19.6 Å². The Hall–Kier alpha value is -1.16. The monoisotopic (exact) mass is 436 g/mol. The van der Waals surface area contributed by atoms with Gasteiger partial charge >= 0.3 is 11.6 Å². The van der Waals surface area contributed by atoms with Crippen LogP contribution in [0.1, 0.15) is 41.5 Å². The van der Waals surface area contributed by atoms with Gasteiger partial charge in [0.05, 0.1) is 11.1 Å². The lowest BCUT2D eigenvalue weighted by Gasteiger charge is -2.15. The first-order valence-electron chi connectivity index (χ1n) is 6.43. The maximum Gasteiger partial charge on any atom is 0.384 e. The molecule has 0 fully saturated rings. The lowest BCUT2D eigenvalue weighted by atomic mass is 10.1. The molecule has 1 rings (SSSR count). The van der Waals surface area contributed by atoms with E-state index in [-0.39, 0.29) is 20.8 Å². The number of nitrogens with zero attached hydrogens (tertiary/aromatic N) is 6. The molecule has 0 unspecified atom stereocenters. The van der Waals surface area contributed by atoms with Crippen LogP contribution in [0.15, 0.2) is 19.4 Å². The molecule has 0 aliphatic heterocycles. The molecule has 0 atom stereocenters. The average Bonchev–Trinajstić information content (AvgIpc) is 2.23. The summed E-state index contributed by atoms with van der Waals surface area (Å²) in [6, 6.07) is 0. The second-order valence-electron chi connectivity index (χ2n) is 6.54. The third kappa shape index (κ3) is 5.56. The van der Waals surface area contributed by atoms with Gasteiger partial charge in [-0.3, -0.25) is 0 Å². The number of hydrogen-bond acceptors (Lipinski definition) is 6. The van der Waals surface area contributed by atoms with Gasteiger partial charge in [0.25, 0.3) is 0 Å². The second kappa shape index (κ2) is 6.53. The fourth-order valence-corrected chi connectivity index (χ4v) is 2.34. The first-order chi connectivity index (χ1) is 9.80. The van der Waals surface area contributed by atoms with Crippen molar-refractivity contribution in [1.29, 1.82) is 0 Å². The zero-order chi connectivity index (χ0) is 17.3. The highest BCUT2D eigenvalue weighted by atomic mass is 79.9. The van der Waals surface area contributed by atoms with Gasteiger partial charge in [-0.05, 0) is 73.4 Å². The fourth-order valence-electron chi connectivity index (χ4n) is 1.26. The van der Waals surface area contributed by atoms with E-state index >= 15 is 0 Å². The van der Waals surface area contributed by atoms with E-state index in [2.05, 4.69) is 52.1 Å². The molecular weight excluding hydrogens is 420 g/mol. The quantitative estimate of drug-likeness (QED) is 0.377. The molecule has 8 nitrogen and oxygen atoms in total. The summed E-state index contributed by atoms with van der Waals surface area (Å²) >= 11 is 6.29. The third-order valence-electron chi connectivity index (χ3n) is 1.92. The predicted molar refractivity (Wildman–Crippen MR) is 88.4 cm³/mol. The molecule has 0 aliphatic rings. The Bertz CT molecular complexity index is 580. The van der Waals surface area contributed by atoms with E-state index in [9.17, 15) is 10.4 Å². The first kappa shape index (κ1) is 18.9. The largest absolute Gasteiger partial charge is 0.691 e. The van der Waals surface area contributed by atoms with Crippen molar-refractivity contribution < 1.29 is 9.72 Å². The summed E-state index contributed by atoms with van der Waals surface area (Å²) in [7, 11) is 0. The van der Waals surface area contributed by atoms with Gasteiger partial charge < -0.3 is 10.4 Å². The molecule has 0 saturated heterocycles. The Labute approximate surface area is 145 Å². The molecule has 0 saturated carbocycles. The second-order valence-corrected chi connectivity index (χ2v) is 8.04. The van der Waals surface area contributed by atoms with Crippen LogP contribution in [0.5, 0.6) is 0 Å². The molecule has 0 bridgehead atoms. The Balaban J connectivity index is 3.44. The van der Waals surface area contributed by atoms with Crippen LogP contribution in [-0.2, 0) is 0 Å². The topological polar surface area (TPSA) is 103 Å². The molecule has 1 heterocycles. The van der Waals surface area contributed by atoms with Gasteiger partial charge in [0, 0.05) is 4.98 Å². The Morgan fingerprint density at radius 3 is 1.36 bits per heavy atom. The molecule has 0 N–H and O–H groups in total. The van der Waals surface area contributed by atoms with Gasteiger partial charge in [0.15, 0.2) is 0 Å². The average molecular weight is 438 g/mol. The minimum absolute atomic E-state index is 0.113. The van der Waals surface area contributed by atoms with E-state index in [1.807, 2.05) is 0 Å². The van der Waals surface area contributed by atoms with Gasteiger partial charge in [0.1, 0.15) is 0 Å². The molecule has 0 spiro atoms. The minimum atomic E-state index is -0.594. The summed E-state index contributed by atoms with van der Waals surface area (Å²) in [6.07, 6.45) is 0. The molecule has 1 aromatic rings. The maximum absolute atomic E-state index is 12.1. The summed E-state index contributed by atoms with van der Waals surface area (Å²) < 4.78 is 0.352. The zero-order valence-electron chi connectivity index (χ0n) is 13.3. The lowest BCUT2D eigenvalue weighted by Crippen LogP contribution is -2.15. The highest BCUT2D eigenvalue weighted by molar-refractivity contribution is 9.11. The van der Waals surface area contributed by atoms with Crippen molar-refractivity contribution in [2.45, 2.75) is 52.6 Å². The molecule has 0 aliphatic carbocycles. The molecule has 122 valence electrons. The highest BCUT2D eigenvalue weighted by Crippen LogP contribution is 2.30. The molecule has 0 amide bonds. The van der Waals surface area contributed by atoms with Crippen LogP contribution in [0.2, 0.25) is 0 Å². The number of rotatable bonds is 2. The van der Waals surface area contributed by atoms with E-state index in [0.717, 1.165) is 0 Å². The van der Waals surface area contributed by atoms with Crippen molar-refractivity contribution in [3.63, 3.8) is 0 Å². The molecular formula is C12H18Br2N6O2. The van der Waals surface area contributed by atoms with E-state index < -0.39 is 11.1 Å². The number of azo groups is 2. The van der Waals surface area contributed by atoms with Crippen molar-refractivity contribution in [3.8, 4) is 0 Å². The Kier molecular flexibility index (Phi) is 5.61. The van der Waals surface area contributed by atoms with Gasteiger partial charge in [0.2, 0.25) is 9.21 Å². The standard InChI is InChI=1S/C12H18Br2N6O2/c1-11(2,3)17-19(21)9-7(13)15-8(14)10(16-9)20(22)18-12(4,5)6/h1-6H3/b19-17+,20-18+. The van der Waals surface area contributed by atoms with Crippen molar-refractivity contribution in [2.75, 3.05) is 0 Å². The van der Waals surface area contributed by atoms with Crippen molar-refractivity contribution in [1.82, 2.24) is 9.97 Å². The van der Waals surface area contributed by atoms with Gasteiger partial charge in [-0.15, -0.1) is 19.9 Å². The summed E-state index contributed by atoms with van der Waals surface area (Å²) in [6.45, 7) is 10.6. The van der Waals surface area contributed by atoms with E-state index in [1.54, 1.807) is 41.5 Å². The molecule has 1 aromatic heterocycles. The minimum Gasteiger partial charge on any atom is -0.691 e. The predicted octanol–water partition coefficient (Wildman–Crippen LogP) is 4.79. The normalized spacial score (nSPS) is 14.4. The van der Waals surface area contributed by atoms with Crippen molar-refractivity contribution >= 4 is 43.5 Å².